The van der Waals surface area contributed by atoms with Gasteiger partial charge in [-0.1, -0.05) is 13.3 Å². The molecule has 1 unspecified atom stereocenters. The van der Waals surface area contributed by atoms with Crippen LogP contribution >= 0.6 is 0 Å². The fourth-order valence-electron chi connectivity index (χ4n) is 2.54. The highest BCUT2D eigenvalue weighted by atomic mass is 16.2. The first kappa shape index (κ1) is 15.3. The number of likely N-dealkylation sites (tertiary alicyclic amines) is 1. The maximum Gasteiger partial charge on any atom is 0.274 e. The van der Waals surface area contributed by atoms with E-state index < -0.39 is 11.9 Å². The zero-order chi connectivity index (χ0) is 15.4. The molecule has 1 aliphatic rings. The lowest BCUT2D eigenvalue weighted by molar-refractivity contribution is -0.131. The number of nitrogens with zero attached hydrogens (tertiary/aromatic N) is 2. The molecule has 2 heterocycles. The van der Waals surface area contributed by atoms with Gasteiger partial charge in [0.25, 0.3) is 5.91 Å². The predicted molar refractivity (Wildman–Crippen MR) is 79.7 cm³/mol. The molecule has 1 atom stereocenters. The Morgan fingerprint density at radius 2 is 2.10 bits per heavy atom. The summed E-state index contributed by atoms with van der Waals surface area (Å²) in [6, 6.07) is -0.568. The number of hydrogen-bond donors (Lipinski definition) is 3. The third kappa shape index (κ3) is 3.34. The maximum atomic E-state index is 12.2. The summed E-state index contributed by atoms with van der Waals surface area (Å²) in [7, 11) is 0. The van der Waals surface area contributed by atoms with Crippen molar-refractivity contribution < 1.29 is 9.59 Å². The first-order valence-corrected chi connectivity index (χ1v) is 7.47. The summed E-state index contributed by atoms with van der Waals surface area (Å²) in [6.07, 6.45) is 3.71. The normalized spacial score (nSPS) is 16.0. The zero-order valence-corrected chi connectivity index (χ0v) is 12.6. The van der Waals surface area contributed by atoms with Crippen molar-refractivity contribution in [2.75, 3.05) is 18.8 Å². The second kappa shape index (κ2) is 6.60. The van der Waals surface area contributed by atoms with Crippen molar-refractivity contribution >= 4 is 17.5 Å². The van der Waals surface area contributed by atoms with E-state index in [0.717, 1.165) is 44.5 Å². The Morgan fingerprint density at radius 1 is 1.43 bits per heavy atom. The van der Waals surface area contributed by atoms with Gasteiger partial charge in [0.2, 0.25) is 5.91 Å². The Balaban J connectivity index is 1.98. The summed E-state index contributed by atoms with van der Waals surface area (Å²) in [5.41, 5.74) is 7.22. The van der Waals surface area contributed by atoms with Crippen LogP contribution in [0, 0.1) is 0 Å². The van der Waals surface area contributed by atoms with Gasteiger partial charge in [0.05, 0.1) is 11.4 Å². The maximum absolute atomic E-state index is 12.2. The molecule has 1 saturated heterocycles. The molecule has 7 nitrogen and oxygen atoms in total. The Labute approximate surface area is 124 Å². The average molecular weight is 293 g/mol. The van der Waals surface area contributed by atoms with Crippen LogP contribution in [0.2, 0.25) is 0 Å². The predicted octanol–water partition coefficient (Wildman–Crippen LogP) is 0.685. The number of aryl methyl sites for hydroxylation is 1. The molecule has 0 radical (unpaired) electrons. The van der Waals surface area contributed by atoms with Crippen molar-refractivity contribution in [3.8, 4) is 0 Å². The molecule has 21 heavy (non-hydrogen) atoms. The number of amides is 2. The second-order valence-corrected chi connectivity index (χ2v) is 5.44. The minimum atomic E-state index is -0.568. The summed E-state index contributed by atoms with van der Waals surface area (Å²) in [6.45, 7) is 5.25. The number of carbonyl (C=O) groups is 2. The van der Waals surface area contributed by atoms with E-state index in [0.29, 0.717) is 5.69 Å². The van der Waals surface area contributed by atoms with Crippen LogP contribution in [-0.2, 0) is 11.2 Å². The van der Waals surface area contributed by atoms with Crippen LogP contribution in [0.5, 0.6) is 0 Å². The van der Waals surface area contributed by atoms with Gasteiger partial charge in [-0.2, -0.15) is 5.10 Å². The van der Waals surface area contributed by atoms with Crippen LogP contribution in [0.1, 0.15) is 49.3 Å². The highest BCUT2D eigenvalue weighted by molar-refractivity contribution is 6.00. The molecule has 1 aromatic heterocycles. The number of nitrogen functional groups attached to an aromatic ring is 1. The van der Waals surface area contributed by atoms with Gasteiger partial charge < -0.3 is 16.0 Å². The molecule has 2 rings (SSSR count). The molecule has 4 N–H and O–H groups in total. The van der Waals surface area contributed by atoms with Gasteiger partial charge in [0.15, 0.2) is 5.69 Å². The van der Waals surface area contributed by atoms with Crippen LogP contribution in [0.4, 0.5) is 5.69 Å². The molecular weight excluding hydrogens is 270 g/mol. The quantitative estimate of drug-likeness (QED) is 0.742. The number of hydrogen-bond acceptors (Lipinski definition) is 4. The molecule has 1 aromatic rings. The molecule has 1 fully saturated rings. The van der Waals surface area contributed by atoms with Gasteiger partial charge in [0, 0.05) is 13.1 Å². The van der Waals surface area contributed by atoms with Gasteiger partial charge in [-0.3, -0.25) is 14.7 Å². The van der Waals surface area contributed by atoms with Crippen LogP contribution in [0.25, 0.3) is 0 Å². The third-order valence-electron chi connectivity index (χ3n) is 3.73. The summed E-state index contributed by atoms with van der Waals surface area (Å²) in [5.74, 6) is -0.463. The molecule has 116 valence electrons. The van der Waals surface area contributed by atoms with E-state index >= 15 is 0 Å². The average Bonchev–Trinajstić information content (AvgIpc) is 3.09. The van der Waals surface area contributed by atoms with Gasteiger partial charge in [-0.25, -0.2) is 0 Å². The Morgan fingerprint density at radius 3 is 2.71 bits per heavy atom. The molecule has 0 aliphatic carbocycles. The van der Waals surface area contributed by atoms with Gasteiger partial charge in [0.1, 0.15) is 6.04 Å². The number of anilines is 1. The van der Waals surface area contributed by atoms with Crippen molar-refractivity contribution in [2.45, 2.75) is 45.6 Å². The van der Waals surface area contributed by atoms with E-state index in [9.17, 15) is 9.59 Å². The van der Waals surface area contributed by atoms with Crippen molar-refractivity contribution in [1.29, 1.82) is 0 Å². The zero-order valence-electron chi connectivity index (χ0n) is 12.6. The molecule has 0 bridgehead atoms. The van der Waals surface area contributed by atoms with E-state index in [4.69, 9.17) is 5.73 Å². The Bertz CT molecular complexity index is 519. The minimum absolute atomic E-state index is 0.0521. The topological polar surface area (TPSA) is 104 Å². The van der Waals surface area contributed by atoms with Crippen LogP contribution in [0.3, 0.4) is 0 Å². The standard InChI is InChI=1S/C14H23N5O2/c1-3-6-10-11(15)12(18-17-10)13(20)16-9(2)14(21)19-7-4-5-8-19/h9H,3-8,15H2,1-2H3,(H,16,20)(H,17,18). The summed E-state index contributed by atoms with van der Waals surface area (Å²) >= 11 is 0. The fraction of sp³-hybridized carbons (Fsp3) is 0.643. The number of rotatable bonds is 5. The monoisotopic (exact) mass is 293 g/mol. The van der Waals surface area contributed by atoms with Crippen molar-refractivity contribution in [3.05, 3.63) is 11.4 Å². The first-order valence-electron chi connectivity index (χ1n) is 7.47. The van der Waals surface area contributed by atoms with E-state index in [1.54, 1.807) is 11.8 Å². The lowest BCUT2D eigenvalue weighted by atomic mass is 10.2. The first-order chi connectivity index (χ1) is 10.0. The SMILES string of the molecule is CCCc1[nH]nc(C(=O)NC(C)C(=O)N2CCCC2)c1N. The van der Waals surface area contributed by atoms with Gasteiger partial charge >= 0.3 is 0 Å². The molecular formula is C14H23N5O2. The molecule has 0 saturated carbocycles. The molecule has 7 heteroatoms. The van der Waals surface area contributed by atoms with E-state index in [1.165, 1.54) is 0 Å². The number of aromatic nitrogens is 2. The molecule has 0 aromatic carbocycles. The summed E-state index contributed by atoms with van der Waals surface area (Å²) < 4.78 is 0. The fourth-order valence-corrected chi connectivity index (χ4v) is 2.54. The van der Waals surface area contributed by atoms with E-state index in [-0.39, 0.29) is 11.6 Å². The Kier molecular flexibility index (Phi) is 4.82. The second-order valence-electron chi connectivity index (χ2n) is 5.44. The summed E-state index contributed by atoms with van der Waals surface area (Å²) in [5, 5.41) is 9.42. The third-order valence-corrected chi connectivity index (χ3v) is 3.73. The van der Waals surface area contributed by atoms with Gasteiger partial charge in [-0.15, -0.1) is 0 Å². The highest BCUT2D eigenvalue weighted by Gasteiger charge is 2.26. The smallest absolute Gasteiger partial charge is 0.274 e. The van der Waals surface area contributed by atoms with E-state index in [1.807, 2.05) is 6.92 Å². The number of nitrogens with one attached hydrogen (secondary N) is 2. The van der Waals surface area contributed by atoms with Gasteiger partial charge in [-0.05, 0) is 26.2 Å². The van der Waals surface area contributed by atoms with Crippen molar-refractivity contribution in [3.63, 3.8) is 0 Å². The largest absolute Gasteiger partial charge is 0.395 e. The Hall–Kier alpha value is -2.05. The number of H-pyrrole nitrogens is 1. The van der Waals surface area contributed by atoms with E-state index in [2.05, 4.69) is 15.5 Å². The number of nitrogens with two attached hydrogens (primary N) is 1. The lowest BCUT2D eigenvalue weighted by Crippen LogP contribution is -2.46. The molecule has 2 amide bonds. The summed E-state index contributed by atoms with van der Waals surface area (Å²) in [4.78, 5) is 26.1. The highest BCUT2D eigenvalue weighted by Crippen LogP contribution is 2.16. The number of aromatic amines is 1. The molecule has 1 aliphatic heterocycles. The molecule has 0 spiro atoms. The van der Waals surface area contributed by atoms with Crippen LogP contribution < -0.4 is 11.1 Å². The van der Waals surface area contributed by atoms with Crippen molar-refractivity contribution in [2.24, 2.45) is 0 Å². The number of carbonyl (C=O) groups excluding carboxylic acids is 2. The lowest BCUT2D eigenvalue weighted by Gasteiger charge is -2.20. The minimum Gasteiger partial charge on any atom is -0.395 e. The van der Waals surface area contributed by atoms with Crippen LogP contribution in [-0.4, -0.2) is 46.0 Å². The van der Waals surface area contributed by atoms with Crippen molar-refractivity contribution in [1.82, 2.24) is 20.4 Å². The van der Waals surface area contributed by atoms with Crippen LogP contribution in [0.15, 0.2) is 0 Å².